The van der Waals surface area contributed by atoms with Crippen LogP contribution in [0.4, 0.5) is 11.4 Å². The summed E-state index contributed by atoms with van der Waals surface area (Å²) in [5.41, 5.74) is 1.87. The van der Waals surface area contributed by atoms with Crippen molar-refractivity contribution in [3.05, 3.63) is 98.5 Å². The van der Waals surface area contributed by atoms with Crippen LogP contribution in [0.2, 0.25) is 10.0 Å². The largest absolute Gasteiger partial charge is 0.283 e. The third-order valence-corrected chi connectivity index (χ3v) is 5.40. The van der Waals surface area contributed by atoms with Gasteiger partial charge in [0, 0.05) is 14.5 Å². The van der Waals surface area contributed by atoms with E-state index < -0.39 is 11.8 Å². The molecule has 7 heteroatoms. The van der Waals surface area contributed by atoms with E-state index in [9.17, 15) is 9.59 Å². The highest BCUT2D eigenvalue weighted by Gasteiger charge is 2.42. The normalized spacial score (nSPS) is 14.0. The molecule has 1 fully saturated rings. The fourth-order valence-electron chi connectivity index (χ4n) is 2.98. The average molecular weight is 488 g/mol. The van der Waals surface area contributed by atoms with Crippen LogP contribution in [0.15, 0.2) is 82.8 Å². The molecule has 29 heavy (non-hydrogen) atoms. The van der Waals surface area contributed by atoms with Gasteiger partial charge >= 0.3 is 0 Å². The van der Waals surface area contributed by atoms with E-state index in [-0.39, 0.29) is 5.57 Å². The van der Waals surface area contributed by atoms with Gasteiger partial charge in [-0.15, -0.1) is 0 Å². The van der Waals surface area contributed by atoms with Crippen molar-refractivity contribution < 1.29 is 9.59 Å². The molecule has 3 aromatic rings. The number of rotatable bonds is 3. The molecule has 1 aliphatic rings. The lowest BCUT2D eigenvalue weighted by molar-refractivity contribution is -0.116. The summed E-state index contributed by atoms with van der Waals surface area (Å²) in [5.74, 6) is -0.842. The first-order valence-corrected chi connectivity index (χ1v) is 10.2. The Bertz CT molecular complexity index is 1050. The van der Waals surface area contributed by atoms with E-state index in [2.05, 4.69) is 15.9 Å². The van der Waals surface area contributed by atoms with Crippen molar-refractivity contribution in [3.63, 3.8) is 0 Å². The third kappa shape index (κ3) is 3.94. The fourth-order valence-corrected chi connectivity index (χ4v) is 3.50. The summed E-state index contributed by atoms with van der Waals surface area (Å²) >= 11 is 15.4. The number of amides is 2. The lowest BCUT2D eigenvalue weighted by atomic mass is 10.1. The molecule has 3 aromatic carbocycles. The first kappa shape index (κ1) is 19.7. The maximum atomic E-state index is 13.3. The number of benzene rings is 3. The summed E-state index contributed by atoms with van der Waals surface area (Å²) in [6, 6.07) is 20.8. The second kappa shape index (κ2) is 8.03. The molecule has 1 heterocycles. The Morgan fingerprint density at radius 1 is 0.655 bits per heavy atom. The van der Waals surface area contributed by atoms with E-state index >= 15 is 0 Å². The van der Waals surface area contributed by atoms with Gasteiger partial charge in [0.1, 0.15) is 5.57 Å². The second-order valence-electron chi connectivity index (χ2n) is 6.30. The molecule has 4 nitrogen and oxygen atoms in total. The molecule has 0 atom stereocenters. The number of hydrazine groups is 1. The zero-order valence-electron chi connectivity index (χ0n) is 14.9. The molecule has 1 saturated heterocycles. The van der Waals surface area contributed by atoms with Crippen LogP contribution >= 0.6 is 39.1 Å². The molecule has 144 valence electrons. The molecule has 0 N–H and O–H groups in total. The van der Waals surface area contributed by atoms with E-state index in [0.29, 0.717) is 21.4 Å². The fraction of sp³-hybridized carbons (Fsp3) is 0. The predicted octanol–water partition coefficient (Wildman–Crippen LogP) is 6.13. The minimum absolute atomic E-state index is 0.0669. The molecule has 4 rings (SSSR count). The second-order valence-corrected chi connectivity index (χ2v) is 8.08. The molecule has 0 aliphatic carbocycles. The molecular weight excluding hydrogens is 475 g/mol. The summed E-state index contributed by atoms with van der Waals surface area (Å²) < 4.78 is 0.911. The molecule has 0 spiro atoms. The van der Waals surface area contributed by atoms with Gasteiger partial charge in [0.25, 0.3) is 11.8 Å². The van der Waals surface area contributed by atoms with Crippen LogP contribution in [0, 0.1) is 0 Å². The van der Waals surface area contributed by atoms with Gasteiger partial charge in [-0.25, -0.2) is 10.0 Å². The highest BCUT2D eigenvalue weighted by molar-refractivity contribution is 9.10. The average Bonchev–Trinajstić information content (AvgIpc) is 2.96. The number of hydrogen-bond acceptors (Lipinski definition) is 2. The number of carbonyl (C=O) groups excluding carboxylic acids is 2. The van der Waals surface area contributed by atoms with Gasteiger partial charge in [-0.05, 0) is 72.3 Å². The first-order chi connectivity index (χ1) is 13.9. The molecule has 2 amide bonds. The van der Waals surface area contributed by atoms with E-state index in [1.165, 1.54) is 10.0 Å². The van der Waals surface area contributed by atoms with Crippen molar-refractivity contribution in [1.82, 2.24) is 0 Å². The van der Waals surface area contributed by atoms with Crippen molar-refractivity contribution >= 4 is 68.4 Å². The highest BCUT2D eigenvalue weighted by atomic mass is 79.9. The van der Waals surface area contributed by atoms with Crippen molar-refractivity contribution in [1.29, 1.82) is 0 Å². The quantitative estimate of drug-likeness (QED) is 0.329. The van der Waals surface area contributed by atoms with Crippen molar-refractivity contribution in [2.45, 2.75) is 0 Å². The van der Waals surface area contributed by atoms with E-state index in [4.69, 9.17) is 23.2 Å². The maximum Gasteiger partial charge on any atom is 0.283 e. The molecule has 1 aliphatic heterocycles. The lowest BCUT2D eigenvalue weighted by Crippen LogP contribution is -2.41. The number of carbonyl (C=O) groups is 2. The van der Waals surface area contributed by atoms with Crippen LogP contribution in [-0.2, 0) is 9.59 Å². The number of halogens is 3. The Morgan fingerprint density at radius 3 is 1.48 bits per heavy atom. The zero-order chi connectivity index (χ0) is 20.5. The Labute approximate surface area is 186 Å². The van der Waals surface area contributed by atoms with Crippen LogP contribution < -0.4 is 10.0 Å². The van der Waals surface area contributed by atoms with Crippen LogP contribution in [0.25, 0.3) is 6.08 Å². The number of hydrogen-bond donors (Lipinski definition) is 0. The van der Waals surface area contributed by atoms with Gasteiger partial charge in [0.05, 0.1) is 11.4 Å². The topological polar surface area (TPSA) is 40.6 Å². The number of anilines is 2. The van der Waals surface area contributed by atoms with Crippen LogP contribution in [0.1, 0.15) is 5.56 Å². The smallest absolute Gasteiger partial charge is 0.267 e. The van der Waals surface area contributed by atoms with Crippen molar-refractivity contribution in [3.8, 4) is 0 Å². The summed E-state index contributed by atoms with van der Waals surface area (Å²) in [6.07, 6.45) is 1.59. The molecule has 0 aromatic heterocycles. The highest BCUT2D eigenvalue weighted by Crippen LogP contribution is 2.33. The lowest BCUT2D eigenvalue weighted by Gasteiger charge is -2.27. The van der Waals surface area contributed by atoms with Gasteiger partial charge in [0.2, 0.25) is 0 Å². The van der Waals surface area contributed by atoms with E-state index in [0.717, 1.165) is 10.0 Å². The Balaban J connectivity index is 1.83. The van der Waals surface area contributed by atoms with Crippen molar-refractivity contribution in [2.24, 2.45) is 0 Å². The van der Waals surface area contributed by atoms with Gasteiger partial charge in [-0.1, -0.05) is 51.3 Å². The van der Waals surface area contributed by atoms with Crippen LogP contribution in [0.5, 0.6) is 0 Å². The minimum atomic E-state index is -0.421. The summed E-state index contributed by atoms with van der Waals surface area (Å²) in [5, 5.41) is 3.75. The summed E-state index contributed by atoms with van der Waals surface area (Å²) in [6.45, 7) is 0. The maximum absolute atomic E-state index is 13.3. The zero-order valence-corrected chi connectivity index (χ0v) is 17.9. The Kier molecular flexibility index (Phi) is 5.46. The third-order valence-electron chi connectivity index (χ3n) is 4.37. The monoisotopic (exact) mass is 486 g/mol. The SMILES string of the molecule is O=C1C(=Cc2ccc(Br)cc2)C(=O)N(c2ccc(Cl)cc2)N1c1ccc(Cl)cc1. The van der Waals surface area contributed by atoms with Gasteiger partial charge in [-0.2, -0.15) is 0 Å². The van der Waals surface area contributed by atoms with E-state index in [1.54, 1.807) is 54.6 Å². The number of nitrogens with zero attached hydrogens (tertiary/aromatic N) is 2. The summed E-state index contributed by atoms with van der Waals surface area (Å²) in [7, 11) is 0. The molecule has 0 radical (unpaired) electrons. The van der Waals surface area contributed by atoms with E-state index in [1.807, 2.05) is 24.3 Å². The van der Waals surface area contributed by atoms with Gasteiger partial charge < -0.3 is 0 Å². The summed E-state index contributed by atoms with van der Waals surface area (Å²) in [4.78, 5) is 26.5. The Morgan fingerprint density at radius 2 is 1.07 bits per heavy atom. The molecule has 0 bridgehead atoms. The standard InChI is InChI=1S/C22H13BrCl2N2O2/c23-15-3-1-14(2-4-15)13-20-21(28)26(18-9-5-16(24)6-10-18)27(22(20)29)19-11-7-17(25)8-12-19/h1-13H. The van der Waals surface area contributed by atoms with Crippen molar-refractivity contribution in [2.75, 3.05) is 10.0 Å². The minimum Gasteiger partial charge on any atom is -0.267 e. The molecule has 0 saturated carbocycles. The van der Waals surface area contributed by atoms with Gasteiger partial charge in [0.15, 0.2) is 0 Å². The van der Waals surface area contributed by atoms with Gasteiger partial charge in [-0.3, -0.25) is 9.59 Å². The molecule has 0 unspecified atom stereocenters. The van der Waals surface area contributed by atoms with Crippen LogP contribution in [0.3, 0.4) is 0 Å². The van der Waals surface area contributed by atoms with Crippen LogP contribution in [-0.4, -0.2) is 11.8 Å². The Hall–Kier alpha value is -2.60. The molecular formula is C22H13BrCl2N2O2. The predicted molar refractivity (Wildman–Crippen MR) is 120 cm³/mol. The first-order valence-electron chi connectivity index (χ1n) is 8.61.